The molecule has 0 aliphatic carbocycles. The maximum atomic E-state index is 12.1. The average molecular weight is 496 g/mol. The van der Waals surface area contributed by atoms with Crippen molar-refractivity contribution in [2.75, 3.05) is 42.1 Å². The van der Waals surface area contributed by atoms with Crippen LogP contribution in [-0.4, -0.2) is 61.4 Å². The zero-order chi connectivity index (χ0) is 26.3. The second-order valence-electron chi connectivity index (χ2n) is 10.2. The summed E-state index contributed by atoms with van der Waals surface area (Å²) in [6.07, 6.45) is 4.23. The van der Waals surface area contributed by atoms with Crippen LogP contribution < -0.4 is 14.2 Å². The number of nitrogens with zero attached hydrogens (tertiary/aromatic N) is 1. The predicted octanol–water partition coefficient (Wildman–Crippen LogP) is 5.73. The van der Waals surface area contributed by atoms with Crippen LogP contribution in [0.2, 0.25) is 18.1 Å². The number of hydrogen-bond donors (Lipinski definition) is 0. The van der Waals surface area contributed by atoms with Crippen LogP contribution in [0.5, 0.6) is 17.2 Å². The van der Waals surface area contributed by atoms with Crippen LogP contribution in [0, 0.1) is 12.8 Å². The van der Waals surface area contributed by atoms with Crippen LogP contribution in [0.4, 0.5) is 0 Å². The van der Waals surface area contributed by atoms with Gasteiger partial charge in [0.2, 0.25) is 0 Å². The van der Waals surface area contributed by atoms with Crippen molar-refractivity contribution in [1.29, 1.82) is 0 Å². The molecule has 0 radical (unpaired) electrons. The summed E-state index contributed by atoms with van der Waals surface area (Å²) in [6.45, 7) is 15.8. The molecule has 0 saturated heterocycles. The molecule has 1 aromatic carbocycles. The number of hydrogen-bond acceptors (Lipinski definition) is 6. The molecule has 194 valence electrons. The van der Waals surface area contributed by atoms with Crippen molar-refractivity contribution in [3.05, 3.63) is 29.3 Å². The fraction of sp³-hybridized carbons (Fsp3) is 0.654. The van der Waals surface area contributed by atoms with Gasteiger partial charge in [-0.15, -0.1) is 0 Å². The minimum absolute atomic E-state index is 0.0255. The van der Waals surface area contributed by atoms with E-state index in [1.165, 1.54) is 12.2 Å². The summed E-state index contributed by atoms with van der Waals surface area (Å²) in [5, 5.41) is 1.29. The quantitative estimate of drug-likeness (QED) is 0.210. The Labute approximate surface area is 207 Å². The number of hydroxylamine groups is 2. The largest absolute Gasteiger partial charge is 0.496 e. The lowest BCUT2D eigenvalue weighted by Crippen LogP contribution is -2.41. The molecule has 1 amide bonds. The monoisotopic (exact) mass is 495 g/mol. The first-order valence-electron chi connectivity index (χ1n) is 11.7. The van der Waals surface area contributed by atoms with Crippen LogP contribution >= 0.6 is 0 Å². The minimum atomic E-state index is -1.98. The third kappa shape index (κ3) is 7.48. The van der Waals surface area contributed by atoms with Crippen molar-refractivity contribution in [2.24, 2.45) is 5.92 Å². The number of carbonyl (C=O) groups is 1. The number of rotatable bonds is 12. The van der Waals surface area contributed by atoms with E-state index in [9.17, 15) is 4.79 Å². The first-order chi connectivity index (χ1) is 15.7. The summed E-state index contributed by atoms with van der Waals surface area (Å²) in [7, 11) is 6.01. The first-order valence-corrected chi connectivity index (χ1v) is 14.6. The van der Waals surface area contributed by atoms with E-state index < -0.39 is 8.32 Å². The standard InChI is InChI=1S/C26H45NO6Si/c1-18(13-14-23(28)27(6)32-10)15-20(17-33-34(11,12)26(3,4)5)21-16-22(29-7)25(31-9)19(2)24(21)30-8/h13-14,16,18,20H,15,17H2,1-12H3/b14-13+/t18-,20+/m1/s1. The van der Waals surface area contributed by atoms with Gasteiger partial charge in [-0.05, 0) is 43.5 Å². The van der Waals surface area contributed by atoms with Gasteiger partial charge in [0.25, 0.3) is 5.91 Å². The molecule has 0 bridgehead atoms. The fourth-order valence-corrected chi connectivity index (χ4v) is 4.59. The second-order valence-corrected chi connectivity index (χ2v) is 15.0. The van der Waals surface area contributed by atoms with Crippen molar-refractivity contribution in [2.45, 2.75) is 65.1 Å². The van der Waals surface area contributed by atoms with Gasteiger partial charge >= 0.3 is 0 Å². The fourth-order valence-electron chi connectivity index (χ4n) is 3.54. The van der Waals surface area contributed by atoms with Crippen LogP contribution in [0.25, 0.3) is 0 Å². The number of ether oxygens (including phenoxy) is 3. The van der Waals surface area contributed by atoms with Crippen molar-refractivity contribution in [3.8, 4) is 17.2 Å². The van der Waals surface area contributed by atoms with E-state index in [0.29, 0.717) is 18.1 Å². The topological polar surface area (TPSA) is 66.5 Å². The van der Waals surface area contributed by atoms with Crippen LogP contribution in [0.15, 0.2) is 18.2 Å². The lowest BCUT2D eigenvalue weighted by Gasteiger charge is -2.38. The molecule has 0 unspecified atom stereocenters. The lowest BCUT2D eigenvalue weighted by atomic mass is 9.88. The van der Waals surface area contributed by atoms with E-state index in [2.05, 4.69) is 40.8 Å². The molecular formula is C26H45NO6Si. The number of allylic oxidation sites excluding steroid dienone is 1. The second kappa shape index (κ2) is 12.6. The van der Waals surface area contributed by atoms with E-state index in [1.807, 2.05) is 19.1 Å². The van der Waals surface area contributed by atoms with Gasteiger partial charge in [0.1, 0.15) is 5.75 Å². The van der Waals surface area contributed by atoms with Gasteiger partial charge in [-0.1, -0.05) is 33.8 Å². The highest BCUT2D eigenvalue weighted by molar-refractivity contribution is 6.74. The van der Waals surface area contributed by atoms with Crippen molar-refractivity contribution >= 4 is 14.2 Å². The van der Waals surface area contributed by atoms with Gasteiger partial charge in [-0.2, -0.15) is 0 Å². The Morgan fingerprint density at radius 3 is 2.15 bits per heavy atom. The maximum Gasteiger partial charge on any atom is 0.269 e. The molecule has 2 atom stereocenters. The summed E-state index contributed by atoms with van der Waals surface area (Å²) >= 11 is 0. The Morgan fingerprint density at radius 1 is 1.09 bits per heavy atom. The first kappa shape index (κ1) is 30.0. The highest BCUT2D eigenvalue weighted by atomic mass is 28.4. The zero-order valence-corrected chi connectivity index (χ0v) is 24.2. The van der Waals surface area contributed by atoms with Crippen LogP contribution in [0.3, 0.4) is 0 Å². The van der Waals surface area contributed by atoms with E-state index in [1.54, 1.807) is 34.5 Å². The molecule has 0 aliphatic rings. The van der Waals surface area contributed by atoms with Crippen molar-refractivity contribution in [1.82, 2.24) is 5.06 Å². The molecule has 1 rings (SSSR count). The molecule has 1 aromatic rings. The Kier molecular flexibility index (Phi) is 11.1. The molecule has 0 heterocycles. The predicted molar refractivity (Wildman–Crippen MR) is 139 cm³/mol. The van der Waals surface area contributed by atoms with Crippen LogP contribution in [-0.2, 0) is 14.1 Å². The van der Waals surface area contributed by atoms with Gasteiger partial charge in [-0.25, -0.2) is 5.06 Å². The molecule has 0 aliphatic heterocycles. The van der Waals surface area contributed by atoms with E-state index in [0.717, 1.165) is 23.3 Å². The Balaban J connectivity index is 3.42. The number of amides is 1. The van der Waals surface area contributed by atoms with Gasteiger partial charge in [0.15, 0.2) is 19.8 Å². The van der Waals surface area contributed by atoms with Crippen molar-refractivity contribution < 1.29 is 28.3 Å². The number of carbonyl (C=O) groups excluding carboxylic acids is 1. The summed E-state index contributed by atoms with van der Waals surface area (Å²) in [4.78, 5) is 17.1. The SMILES string of the molecule is COc1cc([C@H](CO[Si](C)(C)C(C)(C)C)C[C@H](C)/C=C/C(=O)N(C)OC)c(OC)c(C)c1OC. The molecule has 0 spiro atoms. The Hall–Kier alpha value is -2.03. The van der Waals surface area contributed by atoms with Gasteiger partial charge < -0.3 is 18.6 Å². The third-order valence-electron chi connectivity index (χ3n) is 6.78. The Bertz CT molecular complexity index is 847. The van der Waals surface area contributed by atoms with E-state index in [-0.39, 0.29) is 22.8 Å². The molecule has 7 nitrogen and oxygen atoms in total. The summed E-state index contributed by atoms with van der Waals surface area (Å²) in [5.41, 5.74) is 1.90. The minimum Gasteiger partial charge on any atom is -0.496 e. The molecule has 0 aromatic heterocycles. The molecule has 8 heteroatoms. The van der Waals surface area contributed by atoms with Gasteiger partial charge in [0.05, 0.1) is 28.4 Å². The molecule has 0 saturated carbocycles. The number of methoxy groups -OCH3 is 3. The maximum absolute atomic E-state index is 12.1. The molecule has 0 N–H and O–H groups in total. The molecule has 0 fully saturated rings. The normalized spacial score (nSPS) is 14.1. The lowest BCUT2D eigenvalue weighted by molar-refractivity contribution is -0.162. The average Bonchev–Trinajstić information content (AvgIpc) is 2.77. The Morgan fingerprint density at radius 2 is 1.68 bits per heavy atom. The summed E-state index contributed by atoms with van der Waals surface area (Å²) < 4.78 is 23.7. The van der Waals surface area contributed by atoms with Gasteiger partial charge in [0, 0.05) is 36.8 Å². The third-order valence-corrected chi connectivity index (χ3v) is 11.3. The molecular weight excluding hydrogens is 450 g/mol. The zero-order valence-electron chi connectivity index (χ0n) is 23.2. The van der Waals surface area contributed by atoms with Crippen molar-refractivity contribution in [3.63, 3.8) is 0 Å². The van der Waals surface area contributed by atoms with Crippen LogP contribution in [0.1, 0.15) is 51.2 Å². The smallest absolute Gasteiger partial charge is 0.269 e. The summed E-state index contributed by atoms with van der Waals surface area (Å²) in [6, 6.07) is 1.99. The molecule has 34 heavy (non-hydrogen) atoms. The number of likely N-dealkylation sites (N-methyl/N-ethyl adjacent to an activating group) is 1. The highest BCUT2D eigenvalue weighted by Gasteiger charge is 2.38. The van der Waals surface area contributed by atoms with Gasteiger partial charge in [-0.3, -0.25) is 9.63 Å². The van der Waals surface area contributed by atoms with E-state index >= 15 is 0 Å². The summed E-state index contributed by atoms with van der Waals surface area (Å²) in [5.74, 6) is 2.02. The highest BCUT2D eigenvalue weighted by Crippen LogP contribution is 2.45. The van der Waals surface area contributed by atoms with E-state index in [4.69, 9.17) is 23.5 Å². The number of benzene rings is 1.